The van der Waals surface area contributed by atoms with Gasteiger partial charge in [0.15, 0.2) is 22.1 Å². The lowest BCUT2D eigenvalue weighted by molar-refractivity contribution is 0.103. The molecule has 2 atom stereocenters. The van der Waals surface area contributed by atoms with E-state index in [1.165, 1.54) is 12.8 Å². The average molecular weight is 591 g/mol. The number of fused-ring (bicyclic) bond motifs is 2. The van der Waals surface area contributed by atoms with Crippen LogP contribution in [0.25, 0.3) is 43.4 Å². The molecule has 9 rings (SSSR count). The molecule has 0 saturated heterocycles. The number of carbonyl (C=O) groups is 4. The van der Waals surface area contributed by atoms with Gasteiger partial charge >= 0.3 is 0 Å². The summed E-state index contributed by atoms with van der Waals surface area (Å²) in [6.07, 6.45) is 13.7. The maximum atomic E-state index is 13.9. The molecule has 4 heterocycles. The van der Waals surface area contributed by atoms with E-state index in [0.717, 1.165) is 72.9 Å². The summed E-state index contributed by atoms with van der Waals surface area (Å²) in [6.45, 7) is 0. The van der Waals surface area contributed by atoms with E-state index in [1.807, 2.05) is 24.3 Å². The van der Waals surface area contributed by atoms with E-state index in [-0.39, 0.29) is 33.4 Å². The highest BCUT2D eigenvalue weighted by Gasteiger charge is 2.44. The average Bonchev–Trinajstić information content (AvgIpc) is 3.03. The fourth-order valence-corrected chi connectivity index (χ4v) is 13.5. The minimum Gasteiger partial charge on any atom is -0.289 e. The number of aromatic nitrogens is 2. The SMILES string of the molecule is O=C1c2ccc3c4ncc5c6c(ccc(c7ncc(c2c37)C(=O)P1C1CCCCC1)c64)C(=O)P(C1CCCCC1)C5=O. The Kier molecular flexibility index (Phi) is 5.51. The van der Waals surface area contributed by atoms with Gasteiger partial charge in [-0.15, -0.1) is 0 Å². The van der Waals surface area contributed by atoms with Crippen molar-refractivity contribution in [1.29, 1.82) is 0 Å². The highest BCUT2D eigenvalue weighted by molar-refractivity contribution is 7.91. The molecular weight excluding hydrogens is 562 g/mol. The molecule has 0 amide bonds. The van der Waals surface area contributed by atoms with Gasteiger partial charge in [-0.1, -0.05) is 50.7 Å². The molecule has 2 aromatic heterocycles. The first-order valence-corrected chi connectivity index (χ1v) is 18.0. The summed E-state index contributed by atoms with van der Waals surface area (Å²) in [6, 6.07) is 7.63. The number of hydrogen-bond acceptors (Lipinski definition) is 6. The zero-order valence-electron chi connectivity index (χ0n) is 23.1. The van der Waals surface area contributed by atoms with Crippen LogP contribution in [0.5, 0.6) is 0 Å². The molecule has 2 fully saturated rings. The van der Waals surface area contributed by atoms with Crippen molar-refractivity contribution in [3.63, 3.8) is 0 Å². The Balaban J connectivity index is 1.29. The Hall–Kier alpha value is -3.20. The van der Waals surface area contributed by atoms with Crippen LogP contribution in [-0.4, -0.2) is 43.4 Å². The lowest BCUT2D eigenvalue weighted by Crippen LogP contribution is -2.24. The van der Waals surface area contributed by atoms with E-state index in [1.54, 1.807) is 12.4 Å². The van der Waals surface area contributed by atoms with Gasteiger partial charge < -0.3 is 0 Å². The monoisotopic (exact) mass is 590 g/mol. The molecule has 0 N–H and O–H groups in total. The Bertz CT molecular complexity index is 1790. The lowest BCUT2D eigenvalue weighted by Gasteiger charge is -2.32. The fraction of sp³-hybridized carbons (Fsp3) is 0.353. The molecule has 0 radical (unpaired) electrons. The van der Waals surface area contributed by atoms with Crippen LogP contribution in [-0.2, 0) is 0 Å². The van der Waals surface area contributed by atoms with Gasteiger partial charge in [0, 0.05) is 82.8 Å². The van der Waals surface area contributed by atoms with Crippen LogP contribution in [0.15, 0.2) is 36.7 Å². The number of hydrogen-bond donors (Lipinski definition) is 0. The molecular formula is C34H28N2O4P2. The smallest absolute Gasteiger partial charge is 0.194 e. The summed E-state index contributed by atoms with van der Waals surface area (Å²) in [5, 5.41) is 4.56. The third-order valence-electron chi connectivity index (χ3n) is 10.3. The van der Waals surface area contributed by atoms with Crippen molar-refractivity contribution in [3.05, 3.63) is 58.9 Å². The Morgan fingerprint density at radius 3 is 1.26 bits per heavy atom. The largest absolute Gasteiger partial charge is 0.289 e. The molecule has 4 aliphatic rings. The van der Waals surface area contributed by atoms with Gasteiger partial charge in [0.1, 0.15) is 0 Å². The second kappa shape index (κ2) is 9.15. The first-order valence-electron chi connectivity index (χ1n) is 15.2. The molecule has 5 aromatic rings. The van der Waals surface area contributed by atoms with E-state index in [2.05, 4.69) is 0 Å². The van der Waals surface area contributed by atoms with Crippen LogP contribution < -0.4 is 0 Å². The molecule has 0 bridgehead atoms. The zero-order valence-corrected chi connectivity index (χ0v) is 24.9. The molecule has 3 aromatic carbocycles. The van der Waals surface area contributed by atoms with E-state index in [4.69, 9.17) is 9.97 Å². The van der Waals surface area contributed by atoms with Gasteiger partial charge in [-0.05, 0) is 49.1 Å². The molecule has 8 heteroatoms. The fourth-order valence-electron chi connectivity index (χ4n) is 8.30. The van der Waals surface area contributed by atoms with Gasteiger partial charge in [-0.25, -0.2) is 0 Å². The second-order valence-electron chi connectivity index (χ2n) is 12.4. The predicted molar refractivity (Wildman–Crippen MR) is 168 cm³/mol. The van der Waals surface area contributed by atoms with Crippen molar-refractivity contribution in [2.45, 2.75) is 75.5 Å². The molecule has 2 saturated carbocycles. The summed E-state index contributed by atoms with van der Waals surface area (Å²) < 4.78 is 0. The van der Waals surface area contributed by atoms with Crippen LogP contribution in [0, 0.1) is 0 Å². The van der Waals surface area contributed by atoms with Crippen molar-refractivity contribution >= 4 is 81.3 Å². The predicted octanol–water partition coefficient (Wildman–Crippen LogP) is 8.74. The van der Waals surface area contributed by atoms with Gasteiger partial charge in [-0.2, -0.15) is 0 Å². The van der Waals surface area contributed by atoms with E-state index in [0.29, 0.717) is 44.1 Å². The van der Waals surface area contributed by atoms with Crippen molar-refractivity contribution in [2.75, 3.05) is 0 Å². The second-order valence-corrected chi connectivity index (χ2v) is 17.0. The highest BCUT2D eigenvalue weighted by Crippen LogP contribution is 2.59. The summed E-state index contributed by atoms with van der Waals surface area (Å²) in [5.74, 6) is 0. The third kappa shape index (κ3) is 3.23. The minimum atomic E-state index is -1.45. The van der Waals surface area contributed by atoms with Crippen LogP contribution in [0.3, 0.4) is 0 Å². The van der Waals surface area contributed by atoms with Crippen molar-refractivity contribution in [2.24, 2.45) is 0 Å². The van der Waals surface area contributed by atoms with Crippen molar-refractivity contribution in [3.8, 4) is 0 Å². The normalized spacial score (nSPS) is 23.7. The minimum absolute atomic E-state index is 0.00522. The topological polar surface area (TPSA) is 94.1 Å². The number of pyridine rings is 2. The molecule has 42 heavy (non-hydrogen) atoms. The molecule has 208 valence electrons. The standard InChI is InChI=1S/C34H28N2O4P2/c37-31-21-13-11-19-27-25(21)23(33(39)41(31)17-7-3-1-4-8-17)15-35-29(27)20-12-14-22-26-24(16-36-30(19)28(20)26)34(40)42(32(22)38)18-9-5-2-6-10-18/h11-18H,1-10H2. The zero-order chi connectivity index (χ0) is 28.3. The first-order chi connectivity index (χ1) is 20.5. The third-order valence-corrected chi connectivity index (χ3v) is 15.5. The number of benzene rings is 3. The maximum absolute atomic E-state index is 13.9. The quantitative estimate of drug-likeness (QED) is 0.116. The number of nitrogens with zero attached hydrogens (tertiary/aromatic N) is 2. The summed E-state index contributed by atoms with van der Waals surface area (Å²) in [7, 11) is -2.89. The lowest BCUT2D eigenvalue weighted by atomic mass is 9.89. The number of rotatable bonds is 2. The molecule has 2 unspecified atom stereocenters. The molecule has 6 nitrogen and oxygen atoms in total. The summed E-state index contributed by atoms with van der Waals surface area (Å²) in [4.78, 5) is 65.5. The Morgan fingerprint density at radius 1 is 0.476 bits per heavy atom. The van der Waals surface area contributed by atoms with Crippen LogP contribution in [0.4, 0.5) is 0 Å². The molecule has 2 aliphatic carbocycles. The van der Waals surface area contributed by atoms with Gasteiger partial charge in [0.2, 0.25) is 0 Å². The van der Waals surface area contributed by atoms with E-state index in [9.17, 15) is 19.2 Å². The van der Waals surface area contributed by atoms with Gasteiger partial charge in [0.25, 0.3) is 0 Å². The first kappa shape index (κ1) is 25.3. The van der Waals surface area contributed by atoms with Crippen LogP contribution >= 0.6 is 15.8 Å². The Morgan fingerprint density at radius 2 is 0.857 bits per heavy atom. The van der Waals surface area contributed by atoms with Gasteiger partial charge in [-0.3, -0.25) is 29.1 Å². The highest BCUT2D eigenvalue weighted by atomic mass is 31.1. The van der Waals surface area contributed by atoms with E-state index < -0.39 is 15.8 Å². The molecule has 0 spiro atoms. The van der Waals surface area contributed by atoms with Crippen molar-refractivity contribution < 1.29 is 19.2 Å². The van der Waals surface area contributed by atoms with E-state index >= 15 is 0 Å². The van der Waals surface area contributed by atoms with Crippen LogP contribution in [0.1, 0.15) is 106 Å². The van der Waals surface area contributed by atoms with Gasteiger partial charge in [0.05, 0.1) is 11.0 Å². The molecule has 2 aliphatic heterocycles. The maximum Gasteiger partial charge on any atom is 0.194 e. The van der Waals surface area contributed by atoms with Crippen LogP contribution in [0.2, 0.25) is 0 Å². The van der Waals surface area contributed by atoms with Crippen molar-refractivity contribution in [1.82, 2.24) is 9.97 Å². The summed E-state index contributed by atoms with van der Waals surface area (Å²) >= 11 is 0. The number of carbonyl (C=O) groups excluding carboxylic acids is 4. The Labute approximate surface area is 244 Å². The summed E-state index contributed by atoms with van der Waals surface area (Å²) in [5.41, 5.74) is 3.95.